The first-order valence-electron chi connectivity index (χ1n) is 9.75. The molecule has 2 N–H and O–H groups in total. The number of amidine groups is 1. The summed E-state index contributed by atoms with van der Waals surface area (Å²) in [6, 6.07) is 7.81. The zero-order valence-electron chi connectivity index (χ0n) is 16.4. The van der Waals surface area contributed by atoms with Crippen molar-refractivity contribution >= 4 is 28.5 Å². The van der Waals surface area contributed by atoms with E-state index in [1.54, 1.807) is 12.1 Å². The predicted octanol–water partition coefficient (Wildman–Crippen LogP) is 4.08. The molecule has 6 nitrogen and oxygen atoms in total. The van der Waals surface area contributed by atoms with Crippen molar-refractivity contribution in [1.82, 2.24) is 9.97 Å². The zero-order valence-corrected chi connectivity index (χ0v) is 17.2. The highest BCUT2D eigenvalue weighted by Crippen LogP contribution is 2.56. The van der Waals surface area contributed by atoms with Crippen molar-refractivity contribution in [1.29, 1.82) is 5.26 Å². The Kier molecular flexibility index (Phi) is 4.71. The quantitative estimate of drug-likeness (QED) is 0.636. The van der Waals surface area contributed by atoms with E-state index in [1.165, 1.54) is 18.3 Å². The molecule has 32 heavy (non-hydrogen) atoms. The molecule has 0 unspecified atom stereocenters. The van der Waals surface area contributed by atoms with Crippen molar-refractivity contribution in [2.75, 3.05) is 0 Å². The summed E-state index contributed by atoms with van der Waals surface area (Å²) < 4.78 is 48.4. The first-order valence-corrected chi connectivity index (χ1v) is 10.1. The summed E-state index contributed by atoms with van der Waals surface area (Å²) in [7, 11) is 0. The number of hydrogen-bond acceptors (Lipinski definition) is 6. The molecule has 0 bridgehead atoms. The molecule has 1 fully saturated rings. The average Bonchev–Trinajstić information content (AvgIpc) is 3.55. The van der Waals surface area contributed by atoms with E-state index in [-0.39, 0.29) is 34.0 Å². The van der Waals surface area contributed by atoms with Crippen molar-refractivity contribution in [3.8, 4) is 6.07 Å². The van der Waals surface area contributed by atoms with Crippen LogP contribution in [0, 0.1) is 23.1 Å². The van der Waals surface area contributed by atoms with Crippen LogP contribution in [-0.4, -0.2) is 28.5 Å². The summed E-state index contributed by atoms with van der Waals surface area (Å²) in [5.74, 6) is -1.13. The Morgan fingerprint density at radius 2 is 2.09 bits per heavy atom. The van der Waals surface area contributed by atoms with E-state index < -0.39 is 29.8 Å². The number of rotatable bonds is 4. The molecule has 2 aliphatic rings. The van der Waals surface area contributed by atoms with Gasteiger partial charge in [-0.2, -0.15) is 5.26 Å². The molecule has 3 atom stereocenters. The van der Waals surface area contributed by atoms with E-state index in [4.69, 9.17) is 27.3 Å². The predicted molar refractivity (Wildman–Crippen MR) is 111 cm³/mol. The van der Waals surface area contributed by atoms with Gasteiger partial charge in [-0.3, -0.25) is 9.97 Å². The van der Waals surface area contributed by atoms with E-state index in [2.05, 4.69) is 15.0 Å². The van der Waals surface area contributed by atoms with Crippen LogP contribution in [0.4, 0.5) is 13.2 Å². The van der Waals surface area contributed by atoms with E-state index in [9.17, 15) is 13.2 Å². The summed E-state index contributed by atoms with van der Waals surface area (Å²) >= 11 is 6.35. The van der Waals surface area contributed by atoms with Gasteiger partial charge in [-0.15, -0.1) is 0 Å². The molecule has 3 aromatic rings. The standard InChI is InChI=1S/C22H15ClF3N5O/c23-15-2-1-10(4-13(15)22(20(25)26)14-6-18(14)32-21(28)31-22)5-17-19-12(16(24)9-29-17)3-11(7-27)8-30-19/h1-4,8-9,14,18,20H,5-6H2,(H2,28,31)/t14-,18+,22+/m1/s1. The van der Waals surface area contributed by atoms with Crippen LogP contribution in [0.2, 0.25) is 5.02 Å². The maximum atomic E-state index is 14.4. The molecular formula is C22H15ClF3N5O. The highest BCUT2D eigenvalue weighted by Gasteiger charge is 2.64. The van der Waals surface area contributed by atoms with Gasteiger partial charge in [-0.05, 0) is 24.1 Å². The molecule has 162 valence electrons. The maximum absolute atomic E-state index is 14.4. The van der Waals surface area contributed by atoms with Crippen LogP contribution >= 0.6 is 11.6 Å². The Labute approximate surface area is 185 Å². The number of nitrogens with zero attached hydrogens (tertiary/aromatic N) is 4. The van der Waals surface area contributed by atoms with Crippen molar-refractivity contribution in [2.24, 2.45) is 16.6 Å². The third-order valence-electron chi connectivity index (χ3n) is 5.91. The van der Waals surface area contributed by atoms with Gasteiger partial charge in [-0.25, -0.2) is 18.2 Å². The summed E-state index contributed by atoms with van der Waals surface area (Å²) in [6.07, 6.45) is -0.284. The lowest BCUT2D eigenvalue weighted by Crippen LogP contribution is -2.43. The number of aliphatic imine (C=N–C) groups is 1. The number of alkyl halides is 2. The first-order chi connectivity index (χ1) is 15.3. The summed E-state index contributed by atoms with van der Waals surface area (Å²) in [5, 5.41) is 9.36. The number of ether oxygens (including phenoxy) is 1. The van der Waals surface area contributed by atoms with Crippen LogP contribution in [0.25, 0.3) is 10.9 Å². The summed E-state index contributed by atoms with van der Waals surface area (Å²) in [6.45, 7) is 0. The molecule has 1 saturated carbocycles. The van der Waals surface area contributed by atoms with Crippen LogP contribution in [-0.2, 0) is 16.7 Å². The smallest absolute Gasteiger partial charge is 0.283 e. The van der Waals surface area contributed by atoms with E-state index >= 15 is 0 Å². The minimum atomic E-state index is -2.84. The second-order valence-electron chi connectivity index (χ2n) is 7.85. The number of pyridine rings is 2. The van der Waals surface area contributed by atoms with Gasteiger partial charge in [0, 0.05) is 34.5 Å². The third kappa shape index (κ3) is 3.14. The fourth-order valence-electron chi connectivity index (χ4n) is 4.32. The average molecular weight is 458 g/mol. The third-order valence-corrected chi connectivity index (χ3v) is 6.24. The van der Waals surface area contributed by atoms with Gasteiger partial charge in [-0.1, -0.05) is 23.7 Å². The van der Waals surface area contributed by atoms with Crippen molar-refractivity contribution in [2.45, 2.75) is 30.9 Å². The second-order valence-corrected chi connectivity index (χ2v) is 8.26. The van der Waals surface area contributed by atoms with E-state index in [0.717, 1.165) is 6.20 Å². The fraction of sp³-hybridized carbons (Fsp3) is 0.273. The lowest BCUT2D eigenvalue weighted by Gasteiger charge is -2.33. The molecule has 0 radical (unpaired) electrons. The van der Waals surface area contributed by atoms with Gasteiger partial charge < -0.3 is 10.5 Å². The van der Waals surface area contributed by atoms with Gasteiger partial charge in [0.25, 0.3) is 12.4 Å². The maximum Gasteiger partial charge on any atom is 0.283 e. The minimum absolute atomic E-state index is 0.145. The van der Waals surface area contributed by atoms with Gasteiger partial charge in [0.15, 0.2) is 11.4 Å². The first kappa shape index (κ1) is 20.5. The summed E-state index contributed by atoms with van der Waals surface area (Å²) in [4.78, 5) is 12.3. The molecule has 3 heterocycles. The molecule has 0 saturated heterocycles. The van der Waals surface area contributed by atoms with Crippen molar-refractivity contribution < 1.29 is 17.9 Å². The van der Waals surface area contributed by atoms with Crippen LogP contribution < -0.4 is 5.73 Å². The number of nitriles is 1. The normalized spacial score (nSPS) is 23.9. The van der Waals surface area contributed by atoms with E-state index in [0.29, 0.717) is 23.2 Å². The van der Waals surface area contributed by atoms with Crippen LogP contribution in [0.5, 0.6) is 0 Å². The molecule has 0 spiro atoms. The number of hydrogen-bond donors (Lipinski definition) is 1. The van der Waals surface area contributed by atoms with Crippen LogP contribution in [0.1, 0.15) is 28.8 Å². The number of aromatic nitrogens is 2. The molecule has 5 rings (SSSR count). The highest BCUT2D eigenvalue weighted by atomic mass is 35.5. The number of nitrogens with two attached hydrogens (primary N) is 1. The molecule has 1 aliphatic heterocycles. The number of benzene rings is 1. The van der Waals surface area contributed by atoms with Gasteiger partial charge in [0.1, 0.15) is 12.2 Å². The molecule has 1 aliphatic carbocycles. The lowest BCUT2D eigenvalue weighted by atomic mass is 9.84. The minimum Gasteiger partial charge on any atom is -0.462 e. The fourth-order valence-corrected chi connectivity index (χ4v) is 4.58. The SMILES string of the molecule is N#Cc1cnc2c(Cc3ccc(Cl)c([C@]4(C(F)F)N=C(N)O[C@H]5C[C@H]54)c3)ncc(F)c2c1. The molecule has 1 aromatic carbocycles. The number of fused-ring (bicyclic) bond motifs is 2. The Bertz CT molecular complexity index is 1320. The van der Waals surface area contributed by atoms with Gasteiger partial charge in [0.2, 0.25) is 0 Å². The molecular weight excluding hydrogens is 443 g/mol. The largest absolute Gasteiger partial charge is 0.462 e. The van der Waals surface area contributed by atoms with Gasteiger partial charge >= 0.3 is 0 Å². The Morgan fingerprint density at radius 1 is 1.28 bits per heavy atom. The Balaban J connectivity index is 1.60. The molecule has 2 aromatic heterocycles. The van der Waals surface area contributed by atoms with Crippen molar-refractivity contribution in [3.63, 3.8) is 0 Å². The lowest BCUT2D eigenvalue weighted by molar-refractivity contribution is 0.0196. The molecule has 0 amide bonds. The number of halogens is 4. The Morgan fingerprint density at radius 3 is 2.84 bits per heavy atom. The monoisotopic (exact) mass is 457 g/mol. The Hall–Kier alpha value is -3.38. The van der Waals surface area contributed by atoms with E-state index in [1.807, 2.05) is 6.07 Å². The second kappa shape index (κ2) is 7.35. The zero-order chi connectivity index (χ0) is 22.6. The summed E-state index contributed by atoms with van der Waals surface area (Å²) in [5.41, 5.74) is 5.52. The van der Waals surface area contributed by atoms with Crippen LogP contribution in [0.15, 0.2) is 41.7 Å². The van der Waals surface area contributed by atoms with Crippen molar-refractivity contribution in [3.05, 3.63) is 69.9 Å². The molecule has 10 heteroatoms. The van der Waals surface area contributed by atoms with Crippen LogP contribution in [0.3, 0.4) is 0 Å². The topological polar surface area (TPSA) is 97.2 Å². The van der Waals surface area contributed by atoms with Gasteiger partial charge in [0.05, 0.1) is 23.0 Å². The highest BCUT2D eigenvalue weighted by molar-refractivity contribution is 6.31.